The van der Waals surface area contributed by atoms with E-state index in [4.69, 9.17) is 25.2 Å². The standard InChI is InChI=1S/C71H65N13O11/c72-71-83-66-65(69(91)84-71)77-47(39-76-66)38-75-46-19-17-42(18-20-46)68(90)82-59(70(92)93)11-4-12-60(88)73-29-31-94-33-34-95-32-30-74-67(89)41-15-13-40(14-16-41)61-51-21-23-53(78-51)62(43-5-1-8-48(85)35-43)55-25-27-57(80-55)64(45-7-3-10-50(87)37-45)58-28-26-56(81-58)63(54-24-22-52(61)79-54)44-6-2-9-49(86)36-44/h1-3,5-10,13-21,23,25-28,35-37,39,59,75,78,81,85-87H,4,11-12,22,24,29-34,38H2,(H,73,88)(H,74,89)(H,82,90)(H,92,93)(H3,72,76,83,84,91). The highest BCUT2D eigenvalue weighted by atomic mass is 16.5. The number of aryl methyl sites for hydroxylation is 2. The summed E-state index contributed by atoms with van der Waals surface area (Å²) in [7, 11) is 0. The average molecular weight is 1280 g/mol. The van der Waals surface area contributed by atoms with Crippen molar-refractivity contribution < 1.29 is 54.2 Å². The molecule has 0 saturated carbocycles. The molecule has 24 nitrogen and oxygen atoms in total. The maximum atomic E-state index is 13.5. The van der Waals surface area contributed by atoms with Crippen LogP contribution in [-0.2, 0) is 38.4 Å². The molecule has 0 aliphatic carbocycles. The maximum Gasteiger partial charge on any atom is 0.326 e. The van der Waals surface area contributed by atoms with Crippen molar-refractivity contribution in [2.24, 2.45) is 0 Å². The first-order valence-electron chi connectivity index (χ1n) is 30.7. The number of aromatic amines is 2. The number of anilines is 2. The zero-order valence-corrected chi connectivity index (χ0v) is 51.1. The van der Waals surface area contributed by atoms with E-state index in [9.17, 15) is 44.7 Å². The fourth-order valence-corrected chi connectivity index (χ4v) is 11.4. The number of aliphatic carboxylic acids is 1. The molecule has 5 aromatic carbocycles. The van der Waals surface area contributed by atoms with Crippen molar-refractivity contribution in [3.8, 4) is 67.6 Å². The number of aromatic nitrogens is 8. The predicted molar refractivity (Wildman–Crippen MR) is 359 cm³/mol. The third kappa shape index (κ3) is 15.0. The number of fused-ring (bicyclic) bond motifs is 9. The molecule has 8 bridgehead atoms. The number of carboxylic acid groups (broad SMARTS) is 1. The summed E-state index contributed by atoms with van der Waals surface area (Å²) >= 11 is 0. The number of phenols is 3. The summed E-state index contributed by atoms with van der Waals surface area (Å²) in [6.07, 6.45) is 6.75. The lowest BCUT2D eigenvalue weighted by Gasteiger charge is -2.15. The molecule has 24 heteroatoms. The number of amides is 3. The molecule has 5 aromatic heterocycles. The highest BCUT2D eigenvalue weighted by Gasteiger charge is 2.24. The first-order valence-corrected chi connectivity index (χ1v) is 30.7. The van der Waals surface area contributed by atoms with Crippen molar-refractivity contribution in [3.05, 3.63) is 191 Å². The van der Waals surface area contributed by atoms with Gasteiger partial charge in [-0.25, -0.2) is 19.7 Å². The number of H-pyrrole nitrogens is 2. The molecule has 2 aliphatic heterocycles. The third-order valence-electron chi connectivity index (χ3n) is 15.9. The predicted octanol–water partition coefficient (Wildman–Crippen LogP) is 9.62. The number of ether oxygens (including phenoxy) is 2. The van der Waals surface area contributed by atoms with Crippen LogP contribution in [0.25, 0.3) is 89.9 Å². The van der Waals surface area contributed by atoms with E-state index in [1.165, 1.54) is 18.3 Å². The molecule has 0 saturated heterocycles. The molecule has 0 fully saturated rings. The van der Waals surface area contributed by atoms with Gasteiger partial charge in [0.15, 0.2) is 11.2 Å². The van der Waals surface area contributed by atoms with Gasteiger partial charge in [0.05, 0.1) is 67.6 Å². The first kappa shape index (κ1) is 63.1. The van der Waals surface area contributed by atoms with Gasteiger partial charge in [0.1, 0.15) is 23.3 Å². The second-order valence-electron chi connectivity index (χ2n) is 22.5. The molecule has 1 unspecified atom stereocenters. The van der Waals surface area contributed by atoms with E-state index < -0.39 is 17.9 Å². The molecule has 12 rings (SSSR count). The fraction of sp³-hybridized carbons (Fsp3) is 0.183. The minimum Gasteiger partial charge on any atom is -0.508 e. The summed E-state index contributed by atoms with van der Waals surface area (Å²) < 4.78 is 11.3. The van der Waals surface area contributed by atoms with Crippen molar-refractivity contribution in [1.82, 2.24) is 55.8 Å². The van der Waals surface area contributed by atoms with Gasteiger partial charge in [-0.1, -0.05) is 48.5 Å². The van der Waals surface area contributed by atoms with Crippen molar-refractivity contribution in [1.29, 1.82) is 0 Å². The average Bonchev–Trinajstić information content (AvgIpc) is 1.98. The van der Waals surface area contributed by atoms with E-state index in [-0.39, 0.29) is 123 Å². The number of hydrogen-bond donors (Lipinski definition) is 12. The van der Waals surface area contributed by atoms with Crippen molar-refractivity contribution in [3.63, 3.8) is 0 Å². The van der Waals surface area contributed by atoms with Crippen molar-refractivity contribution in [2.45, 2.75) is 44.7 Å². The molecular weight excluding hydrogens is 1210 g/mol. The first-order chi connectivity index (χ1) is 46.2. The molecule has 2 aliphatic rings. The Kier molecular flexibility index (Phi) is 19.0. The molecule has 13 N–H and O–H groups in total. The molecular formula is C71H65N13O11. The number of nitrogens with one attached hydrogen (secondary N) is 6. The topological polar surface area (TPSA) is 371 Å². The van der Waals surface area contributed by atoms with E-state index in [0.29, 0.717) is 41.2 Å². The number of nitrogen functional groups attached to an aromatic ring is 1. The molecule has 1 atom stereocenters. The number of rotatable bonds is 24. The smallest absolute Gasteiger partial charge is 0.326 e. The molecule has 7 heterocycles. The van der Waals surface area contributed by atoms with Gasteiger partial charge in [-0.2, -0.15) is 9.97 Å². The molecule has 0 radical (unpaired) electrons. The lowest BCUT2D eigenvalue weighted by Crippen LogP contribution is -2.41. The van der Waals surface area contributed by atoms with Crippen LogP contribution in [0.4, 0.5) is 11.6 Å². The number of carbonyl (C=O) groups excluding carboxylic acids is 3. The quantitative estimate of drug-likeness (QED) is 0.0250. The van der Waals surface area contributed by atoms with E-state index >= 15 is 0 Å². The van der Waals surface area contributed by atoms with E-state index in [1.54, 1.807) is 78.9 Å². The van der Waals surface area contributed by atoms with Crippen LogP contribution in [0.15, 0.2) is 152 Å². The van der Waals surface area contributed by atoms with Gasteiger partial charge in [-0.05, 0) is 157 Å². The van der Waals surface area contributed by atoms with Crippen LogP contribution in [0.2, 0.25) is 0 Å². The number of carboxylic acids is 1. The number of nitrogens with two attached hydrogens (primary N) is 1. The number of benzene rings is 5. The van der Waals surface area contributed by atoms with Crippen LogP contribution in [0, 0.1) is 0 Å². The molecule has 3 amide bonds. The lowest BCUT2D eigenvalue weighted by atomic mass is 9.99. The van der Waals surface area contributed by atoms with Crippen LogP contribution in [0.3, 0.4) is 0 Å². The lowest BCUT2D eigenvalue weighted by molar-refractivity contribution is -0.139. The second kappa shape index (κ2) is 28.7. The van der Waals surface area contributed by atoms with E-state index in [0.717, 1.165) is 78.0 Å². The van der Waals surface area contributed by atoms with Crippen LogP contribution in [0.5, 0.6) is 23.1 Å². The largest absolute Gasteiger partial charge is 0.508 e. The second-order valence-corrected chi connectivity index (χ2v) is 22.5. The Balaban J connectivity index is 0.641. The van der Waals surface area contributed by atoms with Gasteiger partial charge in [-0.3, -0.25) is 19.4 Å². The maximum absolute atomic E-state index is 13.5. The van der Waals surface area contributed by atoms with Crippen LogP contribution in [0.1, 0.15) is 68.4 Å². The summed E-state index contributed by atoms with van der Waals surface area (Å²) in [4.78, 5) is 85.3. The van der Waals surface area contributed by atoms with Gasteiger partial charge in [-0.15, -0.1) is 0 Å². The van der Waals surface area contributed by atoms with Crippen LogP contribution in [-0.4, -0.2) is 135 Å². The van der Waals surface area contributed by atoms with Crippen molar-refractivity contribution in [2.75, 3.05) is 50.6 Å². The zero-order valence-electron chi connectivity index (χ0n) is 51.1. The fourth-order valence-electron chi connectivity index (χ4n) is 11.4. The van der Waals surface area contributed by atoms with Gasteiger partial charge in [0.2, 0.25) is 17.7 Å². The van der Waals surface area contributed by atoms with Gasteiger partial charge in [0.25, 0.3) is 11.8 Å². The Labute approximate surface area is 542 Å². The Morgan fingerprint density at radius 3 is 1.65 bits per heavy atom. The summed E-state index contributed by atoms with van der Waals surface area (Å²) in [5.74, 6) is -2.64. The minimum absolute atomic E-state index is 0.0219. The summed E-state index contributed by atoms with van der Waals surface area (Å²) in [5.41, 5.74) is 19.6. The minimum atomic E-state index is -1.23. The summed E-state index contributed by atoms with van der Waals surface area (Å²) in [6, 6.07) is 41.6. The third-order valence-corrected chi connectivity index (χ3v) is 15.9. The Morgan fingerprint density at radius 1 is 0.558 bits per heavy atom. The van der Waals surface area contributed by atoms with E-state index in [2.05, 4.69) is 51.2 Å². The van der Waals surface area contributed by atoms with E-state index in [1.807, 2.05) is 66.7 Å². The van der Waals surface area contributed by atoms with Gasteiger partial charge >= 0.3 is 5.97 Å². The van der Waals surface area contributed by atoms with Gasteiger partial charge < -0.3 is 72.0 Å². The van der Waals surface area contributed by atoms with Gasteiger partial charge in [0, 0.05) is 80.6 Å². The Morgan fingerprint density at radius 2 is 1.08 bits per heavy atom. The number of hydrogen-bond acceptors (Lipinski definition) is 18. The SMILES string of the molecule is Nc1nc(O)c2nc(CNc3ccc(C(=O)NC(CCCC(=O)NCCOCCOCCNC(=O)c4ccc(-c5c6nc(c(-c7cccc(O)c7)c7ccc([nH]7)c(-c7cccc(O)c7)c7nc(c(-c8cccc(O)c8)c8ccc5[nH]8)C=C7)CC6)cc4)C(=O)O)cc3)cnc2n1. The summed E-state index contributed by atoms with van der Waals surface area (Å²) in [5, 5.41) is 63.5. The number of phenolic OH excluding ortho intramolecular Hbond substituents is 3. The number of carbonyl (C=O) groups is 4. The zero-order chi connectivity index (χ0) is 66.0. The highest BCUT2D eigenvalue weighted by Crippen LogP contribution is 2.40. The Bertz CT molecular complexity index is 4760. The monoisotopic (exact) mass is 1280 g/mol. The number of nitrogens with zero attached hydrogens (tertiary/aromatic N) is 6. The molecule has 10 aromatic rings. The highest BCUT2D eigenvalue weighted by molar-refractivity contribution is 5.99. The number of aromatic hydroxyl groups is 4. The van der Waals surface area contributed by atoms with Crippen molar-refractivity contribution >= 4 is 80.7 Å². The normalized spacial score (nSPS) is 12.1. The Hall–Kier alpha value is -12.0. The molecule has 480 valence electrons. The molecule has 0 spiro atoms. The molecule has 95 heavy (non-hydrogen) atoms. The summed E-state index contributed by atoms with van der Waals surface area (Å²) in [6.45, 7) is 1.56. The van der Waals surface area contributed by atoms with Crippen LogP contribution >= 0.6 is 0 Å². The van der Waals surface area contributed by atoms with Crippen LogP contribution < -0.4 is 27.0 Å².